The number of rotatable bonds is 6. The van der Waals surface area contributed by atoms with Crippen molar-refractivity contribution >= 4 is 34.2 Å². The molecule has 27 heavy (non-hydrogen) atoms. The van der Waals surface area contributed by atoms with Crippen LogP contribution >= 0.6 is 22.6 Å². The van der Waals surface area contributed by atoms with E-state index in [2.05, 4.69) is 32.9 Å². The fourth-order valence-electron chi connectivity index (χ4n) is 2.53. The molecule has 0 unspecified atom stereocenters. The molecule has 0 aliphatic carbocycles. The highest BCUT2D eigenvalue weighted by molar-refractivity contribution is 14.1. The van der Waals surface area contributed by atoms with Crippen molar-refractivity contribution in [2.75, 3.05) is 12.4 Å². The maximum Gasteiger partial charge on any atom is 0.256 e. The zero-order valence-corrected chi connectivity index (χ0v) is 17.2. The van der Waals surface area contributed by atoms with Crippen molar-refractivity contribution < 1.29 is 14.3 Å². The molecule has 1 heterocycles. The summed E-state index contributed by atoms with van der Waals surface area (Å²) >= 11 is 2.19. The first-order valence-electron chi connectivity index (χ1n) is 8.34. The molecule has 0 atom stereocenters. The molecule has 1 N–H and O–H groups in total. The van der Waals surface area contributed by atoms with Gasteiger partial charge in [0, 0.05) is 33.3 Å². The van der Waals surface area contributed by atoms with Gasteiger partial charge in [0.1, 0.15) is 6.61 Å². The quantitative estimate of drug-likeness (QED) is 0.520. The molecule has 0 saturated heterocycles. The van der Waals surface area contributed by atoms with E-state index in [-0.39, 0.29) is 5.91 Å². The number of hydrogen-bond donors (Lipinski definition) is 1. The van der Waals surface area contributed by atoms with Crippen LogP contribution in [-0.2, 0) is 6.61 Å². The summed E-state index contributed by atoms with van der Waals surface area (Å²) in [5.74, 6) is 0.992. The Balaban J connectivity index is 1.78. The normalized spacial score (nSPS) is 10.3. The average molecular weight is 474 g/mol. The molecule has 1 aromatic heterocycles. The number of carbonyl (C=O) groups excluding carboxylic acids is 1. The van der Waals surface area contributed by atoms with E-state index in [9.17, 15) is 4.79 Å². The third-order valence-corrected chi connectivity index (χ3v) is 5.41. The largest absolute Gasteiger partial charge is 0.493 e. The Morgan fingerprint density at radius 2 is 2.00 bits per heavy atom. The Hall–Kier alpha value is -2.61. The Morgan fingerprint density at radius 1 is 1.15 bits per heavy atom. The number of nitrogens with one attached hydrogen (secondary N) is 1. The van der Waals surface area contributed by atoms with E-state index in [0.29, 0.717) is 29.4 Å². The molecule has 0 spiro atoms. The number of hydrogen-bond acceptors (Lipinski definition) is 4. The molecule has 3 aromatic rings. The lowest BCUT2D eigenvalue weighted by Gasteiger charge is -2.13. The molecule has 0 aliphatic heterocycles. The van der Waals surface area contributed by atoms with Gasteiger partial charge in [0.05, 0.1) is 12.7 Å². The van der Waals surface area contributed by atoms with Gasteiger partial charge in [-0.05, 0) is 59.3 Å². The van der Waals surface area contributed by atoms with Crippen LogP contribution in [0.4, 0.5) is 5.69 Å². The van der Waals surface area contributed by atoms with E-state index < -0.39 is 0 Å². The van der Waals surface area contributed by atoms with Gasteiger partial charge in [0.25, 0.3) is 5.91 Å². The molecule has 0 bridgehead atoms. The summed E-state index contributed by atoms with van der Waals surface area (Å²) in [5.41, 5.74) is 3.30. The number of ether oxygens (including phenoxy) is 2. The number of amides is 1. The number of carbonyl (C=O) groups is 1. The SMILES string of the molecule is COc1ccc(NC(=O)c2cccc(C)c2I)cc1OCc1cccnc1. The van der Waals surface area contributed by atoms with Crippen LogP contribution in [-0.4, -0.2) is 18.0 Å². The number of anilines is 1. The fraction of sp³-hybridized carbons (Fsp3) is 0.143. The zero-order chi connectivity index (χ0) is 19.2. The number of aromatic nitrogens is 1. The van der Waals surface area contributed by atoms with E-state index in [0.717, 1.165) is 14.7 Å². The van der Waals surface area contributed by atoms with Crippen molar-refractivity contribution in [3.05, 3.63) is 81.2 Å². The number of benzene rings is 2. The topological polar surface area (TPSA) is 60.5 Å². The van der Waals surface area contributed by atoms with Crippen molar-refractivity contribution in [1.82, 2.24) is 4.98 Å². The zero-order valence-electron chi connectivity index (χ0n) is 15.0. The Labute approximate surface area is 171 Å². The number of nitrogens with zero attached hydrogens (tertiary/aromatic N) is 1. The maximum absolute atomic E-state index is 12.6. The van der Waals surface area contributed by atoms with Gasteiger partial charge >= 0.3 is 0 Å². The predicted molar refractivity (Wildman–Crippen MR) is 113 cm³/mol. The standard InChI is InChI=1S/C21H19IN2O3/c1-14-5-3-7-17(20(14)22)21(25)24-16-8-9-18(26-2)19(11-16)27-13-15-6-4-10-23-12-15/h3-12H,13H2,1-2H3,(H,24,25). The number of aryl methyl sites for hydroxylation is 1. The van der Waals surface area contributed by atoms with Gasteiger partial charge in [0.15, 0.2) is 11.5 Å². The molecule has 0 saturated carbocycles. The summed E-state index contributed by atoms with van der Waals surface area (Å²) in [6.45, 7) is 2.34. The van der Waals surface area contributed by atoms with Crippen molar-refractivity contribution in [2.45, 2.75) is 13.5 Å². The van der Waals surface area contributed by atoms with Gasteiger partial charge in [0.2, 0.25) is 0 Å². The smallest absolute Gasteiger partial charge is 0.256 e. The van der Waals surface area contributed by atoms with Crippen molar-refractivity contribution in [3.63, 3.8) is 0 Å². The molecule has 1 amide bonds. The van der Waals surface area contributed by atoms with Gasteiger partial charge in [-0.15, -0.1) is 0 Å². The molecule has 3 rings (SSSR count). The molecule has 0 aliphatic rings. The molecular weight excluding hydrogens is 455 g/mol. The Morgan fingerprint density at radius 3 is 2.74 bits per heavy atom. The highest BCUT2D eigenvalue weighted by Crippen LogP contribution is 2.31. The van der Waals surface area contributed by atoms with Crippen LogP contribution in [0.25, 0.3) is 0 Å². The molecule has 5 nitrogen and oxygen atoms in total. The molecule has 6 heteroatoms. The summed E-state index contributed by atoms with van der Waals surface area (Å²) in [5, 5.41) is 2.92. The highest BCUT2D eigenvalue weighted by atomic mass is 127. The number of methoxy groups -OCH3 is 1. The van der Waals surface area contributed by atoms with E-state index in [1.165, 1.54) is 0 Å². The van der Waals surface area contributed by atoms with Crippen LogP contribution < -0.4 is 14.8 Å². The van der Waals surface area contributed by atoms with Crippen molar-refractivity contribution in [2.24, 2.45) is 0 Å². The first-order valence-corrected chi connectivity index (χ1v) is 9.42. The number of pyridine rings is 1. The Bertz CT molecular complexity index is 945. The van der Waals surface area contributed by atoms with Crippen LogP contribution in [0.3, 0.4) is 0 Å². The molecule has 0 fully saturated rings. The second kappa shape index (κ2) is 8.85. The van der Waals surface area contributed by atoms with Gasteiger partial charge < -0.3 is 14.8 Å². The fourth-order valence-corrected chi connectivity index (χ4v) is 3.14. The first-order chi connectivity index (χ1) is 13.1. The predicted octanol–water partition coefficient (Wildman–Crippen LogP) is 4.83. The van der Waals surface area contributed by atoms with Crippen molar-refractivity contribution in [3.8, 4) is 11.5 Å². The van der Waals surface area contributed by atoms with Crippen molar-refractivity contribution in [1.29, 1.82) is 0 Å². The van der Waals surface area contributed by atoms with E-state index in [1.54, 1.807) is 37.7 Å². The minimum atomic E-state index is -0.161. The van der Waals surface area contributed by atoms with Crippen LogP contribution in [0.15, 0.2) is 60.9 Å². The lowest BCUT2D eigenvalue weighted by atomic mass is 10.1. The van der Waals surface area contributed by atoms with Crippen LogP contribution in [0, 0.1) is 10.5 Å². The third-order valence-electron chi connectivity index (χ3n) is 3.98. The first kappa shape index (κ1) is 19.2. The van der Waals surface area contributed by atoms with E-state index in [4.69, 9.17) is 9.47 Å². The van der Waals surface area contributed by atoms with Gasteiger partial charge in [-0.2, -0.15) is 0 Å². The van der Waals surface area contributed by atoms with Gasteiger partial charge in [-0.1, -0.05) is 18.2 Å². The number of halogens is 1. The summed E-state index contributed by atoms with van der Waals surface area (Å²) in [6.07, 6.45) is 3.46. The molecule has 0 radical (unpaired) electrons. The van der Waals surface area contributed by atoms with Gasteiger partial charge in [-0.25, -0.2) is 0 Å². The average Bonchev–Trinajstić information content (AvgIpc) is 2.69. The van der Waals surface area contributed by atoms with Crippen LogP contribution in [0.1, 0.15) is 21.5 Å². The summed E-state index contributed by atoms with van der Waals surface area (Å²) < 4.78 is 12.2. The summed E-state index contributed by atoms with van der Waals surface area (Å²) in [6, 6.07) is 14.8. The lowest BCUT2D eigenvalue weighted by molar-refractivity contribution is 0.102. The minimum absolute atomic E-state index is 0.161. The van der Waals surface area contributed by atoms with E-state index in [1.807, 2.05) is 37.3 Å². The van der Waals surface area contributed by atoms with Crippen LogP contribution in [0.5, 0.6) is 11.5 Å². The molecule has 2 aromatic carbocycles. The highest BCUT2D eigenvalue weighted by Gasteiger charge is 2.13. The second-order valence-corrected chi connectivity index (χ2v) is 6.98. The maximum atomic E-state index is 12.6. The van der Waals surface area contributed by atoms with E-state index >= 15 is 0 Å². The molecular formula is C21H19IN2O3. The van der Waals surface area contributed by atoms with Crippen LogP contribution in [0.2, 0.25) is 0 Å². The Kier molecular flexibility index (Phi) is 6.28. The molecule has 138 valence electrons. The second-order valence-electron chi connectivity index (χ2n) is 5.91. The minimum Gasteiger partial charge on any atom is -0.493 e. The monoisotopic (exact) mass is 474 g/mol. The van der Waals surface area contributed by atoms with Gasteiger partial charge in [-0.3, -0.25) is 9.78 Å². The lowest BCUT2D eigenvalue weighted by Crippen LogP contribution is -2.14. The third kappa shape index (κ3) is 4.77. The summed E-state index contributed by atoms with van der Waals surface area (Å²) in [7, 11) is 1.58. The summed E-state index contributed by atoms with van der Waals surface area (Å²) in [4.78, 5) is 16.7.